The average molecular weight is 484 g/mol. The van der Waals surface area contributed by atoms with Crippen LogP contribution in [0.2, 0.25) is 0 Å². The normalized spacial score (nSPS) is 26.7. The zero-order chi connectivity index (χ0) is 23.1. The standard InChI is InChI=1S/C25H26N2O4S2/c1-27-13-11-17(12-14-27)22(21(27)23(28)26-18-7-3-2-4-8-18)31-24(29)25(30,19-9-5-15-32-19)20-10-6-16-33-20/h2-10,15-17,21-22,30H,11-14H2,1H3/p+1/t17?,21?,22-,27?/m1/s1. The molecule has 1 unspecified atom stereocenters. The van der Waals surface area contributed by atoms with Gasteiger partial charge in [-0.25, -0.2) is 4.79 Å². The molecular weight excluding hydrogens is 456 g/mol. The molecule has 33 heavy (non-hydrogen) atoms. The van der Waals surface area contributed by atoms with Crippen LogP contribution >= 0.6 is 22.7 Å². The summed E-state index contributed by atoms with van der Waals surface area (Å²) in [6.45, 7) is 1.73. The number of thiophene rings is 2. The van der Waals surface area contributed by atoms with Crippen LogP contribution in [0.1, 0.15) is 22.6 Å². The SMILES string of the molecule is C[N+]12CCC(CC1)[C@@H](OC(=O)C(O)(c1cccs1)c1cccs1)C2C(=O)Nc1ccccc1. The minimum Gasteiger partial charge on any atom is -0.452 e. The quantitative estimate of drug-likeness (QED) is 0.413. The molecule has 2 bridgehead atoms. The van der Waals surface area contributed by atoms with Gasteiger partial charge in [-0.3, -0.25) is 4.79 Å². The Balaban J connectivity index is 1.46. The smallest absolute Gasteiger partial charge is 0.349 e. The summed E-state index contributed by atoms with van der Waals surface area (Å²) < 4.78 is 6.65. The van der Waals surface area contributed by atoms with Crippen LogP contribution in [-0.2, 0) is 19.9 Å². The Hall–Kier alpha value is -2.52. The molecule has 6 nitrogen and oxygen atoms in total. The molecule has 1 amide bonds. The van der Waals surface area contributed by atoms with Gasteiger partial charge in [-0.15, -0.1) is 22.7 Å². The lowest BCUT2D eigenvalue weighted by Gasteiger charge is -2.54. The zero-order valence-corrected chi connectivity index (χ0v) is 20.0. The van der Waals surface area contributed by atoms with Crippen LogP contribution in [0, 0.1) is 5.92 Å². The number of aliphatic hydroxyl groups is 1. The molecule has 2 N–H and O–H groups in total. The maximum absolute atomic E-state index is 13.6. The molecule has 6 rings (SSSR count). The molecule has 0 radical (unpaired) electrons. The van der Waals surface area contributed by atoms with Crippen molar-refractivity contribution in [1.82, 2.24) is 0 Å². The number of piperidine rings is 3. The van der Waals surface area contributed by atoms with Crippen molar-refractivity contribution in [3.8, 4) is 0 Å². The van der Waals surface area contributed by atoms with E-state index in [9.17, 15) is 14.7 Å². The number of hydrogen-bond acceptors (Lipinski definition) is 6. The molecule has 3 fully saturated rings. The molecule has 1 aromatic carbocycles. The predicted molar refractivity (Wildman–Crippen MR) is 129 cm³/mol. The Bertz CT molecular complexity index is 1070. The number of ether oxygens (including phenoxy) is 1. The summed E-state index contributed by atoms with van der Waals surface area (Å²) in [7, 11) is 2.07. The van der Waals surface area contributed by atoms with Gasteiger partial charge in [0.15, 0.2) is 6.10 Å². The first-order valence-electron chi connectivity index (χ1n) is 11.1. The third kappa shape index (κ3) is 3.91. The minimum atomic E-state index is -1.88. The maximum atomic E-state index is 13.6. The topological polar surface area (TPSA) is 75.6 Å². The van der Waals surface area contributed by atoms with Crippen molar-refractivity contribution in [3.63, 3.8) is 0 Å². The number of likely N-dealkylation sites (N-methyl/N-ethyl adjacent to an activating group) is 1. The van der Waals surface area contributed by atoms with Crippen molar-refractivity contribution in [2.24, 2.45) is 5.92 Å². The molecule has 5 heterocycles. The molecule has 0 saturated carbocycles. The molecule has 0 aliphatic carbocycles. The Kier molecular flexibility index (Phi) is 5.86. The van der Waals surface area contributed by atoms with Gasteiger partial charge in [0, 0.05) is 24.4 Å². The lowest BCUT2D eigenvalue weighted by molar-refractivity contribution is -0.943. The van der Waals surface area contributed by atoms with E-state index in [4.69, 9.17) is 4.74 Å². The molecule has 0 spiro atoms. The van der Waals surface area contributed by atoms with Gasteiger partial charge in [0.25, 0.3) is 5.91 Å². The van der Waals surface area contributed by atoms with Crippen molar-refractivity contribution >= 4 is 40.2 Å². The van der Waals surface area contributed by atoms with E-state index in [1.165, 1.54) is 22.7 Å². The van der Waals surface area contributed by atoms with Gasteiger partial charge in [-0.05, 0) is 35.0 Å². The van der Waals surface area contributed by atoms with E-state index in [2.05, 4.69) is 12.4 Å². The van der Waals surface area contributed by atoms with E-state index in [0.717, 1.165) is 31.6 Å². The Morgan fingerprint density at radius 3 is 2.15 bits per heavy atom. The van der Waals surface area contributed by atoms with E-state index < -0.39 is 23.7 Å². The van der Waals surface area contributed by atoms with Crippen LogP contribution in [0.25, 0.3) is 0 Å². The number of benzene rings is 1. The number of para-hydroxylation sites is 1. The average Bonchev–Trinajstić information content (AvgIpc) is 3.54. The molecule has 3 saturated heterocycles. The van der Waals surface area contributed by atoms with E-state index in [0.29, 0.717) is 14.2 Å². The molecular formula is C25H27N2O4S2+. The van der Waals surface area contributed by atoms with Gasteiger partial charge in [0.05, 0.1) is 29.9 Å². The third-order valence-corrected chi connectivity index (χ3v) is 9.03. The van der Waals surface area contributed by atoms with Crippen LogP contribution in [-0.4, -0.2) is 53.7 Å². The van der Waals surface area contributed by atoms with E-state index in [1.807, 2.05) is 53.2 Å². The van der Waals surface area contributed by atoms with Gasteiger partial charge in [0.2, 0.25) is 11.6 Å². The van der Waals surface area contributed by atoms with Crippen molar-refractivity contribution in [2.45, 2.75) is 30.6 Å². The van der Waals surface area contributed by atoms with Gasteiger partial charge in [-0.1, -0.05) is 30.3 Å². The summed E-state index contributed by atoms with van der Waals surface area (Å²) in [5, 5.41) is 18.3. The van der Waals surface area contributed by atoms with Crippen LogP contribution in [0.5, 0.6) is 0 Å². The summed E-state index contributed by atoms with van der Waals surface area (Å²) >= 11 is 2.63. The number of anilines is 1. The van der Waals surface area contributed by atoms with Crippen molar-refractivity contribution in [1.29, 1.82) is 0 Å². The number of amides is 1. The zero-order valence-electron chi connectivity index (χ0n) is 18.3. The maximum Gasteiger partial charge on any atom is 0.349 e. The highest BCUT2D eigenvalue weighted by Gasteiger charge is 2.58. The fourth-order valence-electron chi connectivity index (χ4n) is 5.23. The first kappa shape index (κ1) is 22.3. The van der Waals surface area contributed by atoms with E-state index in [-0.39, 0.29) is 11.8 Å². The lowest BCUT2D eigenvalue weighted by atomic mass is 9.77. The summed E-state index contributed by atoms with van der Waals surface area (Å²) in [6.07, 6.45) is 1.18. The number of hydrogen-bond donors (Lipinski definition) is 2. The van der Waals surface area contributed by atoms with Crippen molar-refractivity contribution in [2.75, 3.05) is 25.5 Å². The predicted octanol–water partition coefficient (Wildman–Crippen LogP) is 3.83. The van der Waals surface area contributed by atoms with Crippen molar-refractivity contribution < 1.29 is 23.9 Å². The Morgan fingerprint density at radius 1 is 1.00 bits per heavy atom. The Labute approximate surface area is 201 Å². The third-order valence-electron chi connectivity index (χ3n) is 7.07. The van der Waals surface area contributed by atoms with Crippen LogP contribution < -0.4 is 5.32 Å². The molecule has 3 aliphatic rings. The first-order chi connectivity index (χ1) is 15.9. The molecule has 2 atom stereocenters. The highest BCUT2D eigenvalue weighted by Crippen LogP contribution is 2.42. The lowest BCUT2D eigenvalue weighted by Crippen LogP contribution is -2.72. The molecule has 3 aliphatic heterocycles. The molecule has 8 heteroatoms. The van der Waals surface area contributed by atoms with Gasteiger partial charge < -0.3 is 19.6 Å². The number of quaternary nitrogens is 1. The number of carbonyl (C=O) groups excluding carboxylic acids is 2. The highest BCUT2D eigenvalue weighted by molar-refractivity contribution is 7.12. The fourth-order valence-corrected chi connectivity index (χ4v) is 6.94. The highest BCUT2D eigenvalue weighted by atomic mass is 32.1. The minimum absolute atomic E-state index is 0.0938. The summed E-state index contributed by atoms with van der Waals surface area (Å²) in [6, 6.07) is 15.9. The second-order valence-corrected chi connectivity index (χ2v) is 11.0. The van der Waals surface area contributed by atoms with Gasteiger partial charge >= 0.3 is 5.97 Å². The van der Waals surface area contributed by atoms with Gasteiger partial charge in [0.1, 0.15) is 0 Å². The summed E-state index contributed by atoms with van der Waals surface area (Å²) in [5.74, 6) is -0.770. The Morgan fingerprint density at radius 2 is 1.61 bits per heavy atom. The first-order valence-corrected chi connectivity index (χ1v) is 12.9. The molecule has 172 valence electrons. The molecule has 3 aromatic rings. The van der Waals surface area contributed by atoms with Gasteiger partial charge in [-0.2, -0.15) is 0 Å². The number of esters is 1. The second-order valence-electron chi connectivity index (χ2n) is 9.10. The number of nitrogens with one attached hydrogen (secondary N) is 1. The molecule has 2 aromatic heterocycles. The second kappa shape index (κ2) is 8.68. The number of rotatable bonds is 6. The largest absolute Gasteiger partial charge is 0.452 e. The van der Waals surface area contributed by atoms with Crippen LogP contribution in [0.3, 0.4) is 0 Å². The number of fused-ring (bicyclic) bond motifs is 3. The van der Waals surface area contributed by atoms with Crippen molar-refractivity contribution in [3.05, 3.63) is 75.1 Å². The van der Waals surface area contributed by atoms with Crippen LogP contribution in [0.15, 0.2) is 65.4 Å². The summed E-state index contributed by atoms with van der Waals surface area (Å²) in [5.41, 5.74) is -1.16. The van der Waals surface area contributed by atoms with Crippen LogP contribution in [0.4, 0.5) is 5.69 Å². The summed E-state index contributed by atoms with van der Waals surface area (Å²) in [4.78, 5) is 28.2. The fraction of sp³-hybridized carbons (Fsp3) is 0.360. The number of nitrogens with zero attached hydrogens (tertiary/aromatic N) is 1. The monoisotopic (exact) mass is 483 g/mol. The van der Waals surface area contributed by atoms with E-state index in [1.54, 1.807) is 12.1 Å². The number of carbonyl (C=O) groups is 2. The van der Waals surface area contributed by atoms with E-state index >= 15 is 0 Å².